The Bertz CT molecular complexity index is 718. The van der Waals surface area contributed by atoms with Crippen molar-refractivity contribution in [1.29, 1.82) is 0 Å². The van der Waals surface area contributed by atoms with Gasteiger partial charge in [-0.2, -0.15) is 0 Å². The first-order valence-electron chi connectivity index (χ1n) is 7.45. The standard InChI is InChI=1S/C17H15BrOS/c18-12-3-1-2-10-11(7-20-17(10)12)16(19)15-13-8-4-5-9(6-8)14(13)15/h1-3,7-9,13-15H,4-6H2. The van der Waals surface area contributed by atoms with E-state index >= 15 is 0 Å². The quantitative estimate of drug-likeness (QED) is 0.688. The second kappa shape index (κ2) is 3.95. The minimum absolute atomic E-state index is 0.359. The lowest BCUT2D eigenvalue weighted by molar-refractivity contribution is 0.0946. The fraction of sp³-hybridized carbons (Fsp3) is 0.471. The smallest absolute Gasteiger partial charge is 0.168 e. The van der Waals surface area contributed by atoms with E-state index in [9.17, 15) is 4.79 Å². The molecule has 0 aliphatic heterocycles. The van der Waals surface area contributed by atoms with Gasteiger partial charge in [0.15, 0.2) is 5.78 Å². The number of fused-ring (bicyclic) bond motifs is 6. The molecule has 1 aromatic carbocycles. The Morgan fingerprint density at radius 2 is 1.95 bits per heavy atom. The van der Waals surface area contributed by atoms with Crippen molar-refractivity contribution in [3.8, 4) is 0 Å². The van der Waals surface area contributed by atoms with Gasteiger partial charge in [0.25, 0.3) is 0 Å². The molecule has 3 heteroatoms. The molecule has 4 atom stereocenters. The molecule has 2 aromatic rings. The Morgan fingerprint density at radius 3 is 2.70 bits per heavy atom. The molecule has 0 radical (unpaired) electrons. The van der Waals surface area contributed by atoms with Gasteiger partial charge in [-0.15, -0.1) is 11.3 Å². The summed E-state index contributed by atoms with van der Waals surface area (Å²) in [5.41, 5.74) is 0.977. The van der Waals surface area contributed by atoms with Crippen LogP contribution in [0.5, 0.6) is 0 Å². The van der Waals surface area contributed by atoms with E-state index in [1.54, 1.807) is 11.3 Å². The summed E-state index contributed by atoms with van der Waals surface area (Å²) < 4.78 is 2.32. The lowest BCUT2D eigenvalue weighted by atomic mass is 9.96. The number of benzene rings is 1. The van der Waals surface area contributed by atoms with Crippen molar-refractivity contribution in [3.63, 3.8) is 0 Å². The van der Waals surface area contributed by atoms with Crippen LogP contribution in [0.4, 0.5) is 0 Å². The highest BCUT2D eigenvalue weighted by molar-refractivity contribution is 9.10. The molecule has 4 unspecified atom stereocenters. The number of carbonyl (C=O) groups excluding carboxylic acids is 1. The van der Waals surface area contributed by atoms with E-state index in [0.717, 1.165) is 39.1 Å². The van der Waals surface area contributed by atoms with Crippen molar-refractivity contribution < 1.29 is 4.79 Å². The molecule has 0 spiro atoms. The van der Waals surface area contributed by atoms with E-state index in [0.29, 0.717) is 11.7 Å². The molecule has 0 saturated heterocycles. The zero-order valence-corrected chi connectivity index (χ0v) is 13.4. The van der Waals surface area contributed by atoms with Crippen LogP contribution in [-0.2, 0) is 0 Å². The third-order valence-corrected chi connectivity index (χ3v) is 7.81. The highest BCUT2D eigenvalue weighted by atomic mass is 79.9. The van der Waals surface area contributed by atoms with Crippen LogP contribution in [0.2, 0.25) is 0 Å². The first-order chi connectivity index (χ1) is 9.75. The predicted molar refractivity (Wildman–Crippen MR) is 85.2 cm³/mol. The molecule has 3 fully saturated rings. The first-order valence-corrected chi connectivity index (χ1v) is 9.13. The molecular weight excluding hydrogens is 332 g/mol. The van der Waals surface area contributed by atoms with Gasteiger partial charge in [-0.05, 0) is 64.9 Å². The number of Topliss-reactive ketones (excluding diaryl/α,β-unsaturated/α-hetero) is 1. The highest BCUT2D eigenvalue weighted by Gasteiger charge is 2.67. The molecule has 20 heavy (non-hydrogen) atoms. The molecule has 1 heterocycles. The molecule has 2 bridgehead atoms. The summed E-state index contributed by atoms with van der Waals surface area (Å²) in [5.74, 6) is 4.01. The Balaban J connectivity index is 1.54. The number of halogens is 1. The maximum Gasteiger partial charge on any atom is 0.168 e. The lowest BCUT2D eigenvalue weighted by Gasteiger charge is -2.07. The second-order valence-corrected chi connectivity index (χ2v) is 8.38. The number of hydrogen-bond acceptors (Lipinski definition) is 2. The van der Waals surface area contributed by atoms with Gasteiger partial charge >= 0.3 is 0 Å². The van der Waals surface area contributed by atoms with E-state index in [1.807, 2.05) is 6.07 Å². The summed E-state index contributed by atoms with van der Waals surface area (Å²) in [6.07, 6.45) is 4.17. The number of ketones is 1. The highest BCUT2D eigenvalue weighted by Crippen LogP contribution is 2.70. The van der Waals surface area contributed by atoms with Gasteiger partial charge in [-0.3, -0.25) is 4.79 Å². The van der Waals surface area contributed by atoms with E-state index in [4.69, 9.17) is 0 Å². The van der Waals surface area contributed by atoms with Gasteiger partial charge in [0, 0.05) is 31.4 Å². The van der Waals surface area contributed by atoms with Crippen LogP contribution in [0.15, 0.2) is 28.1 Å². The summed E-state index contributed by atoms with van der Waals surface area (Å²) in [7, 11) is 0. The molecule has 3 saturated carbocycles. The van der Waals surface area contributed by atoms with E-state index in [1.165, 1.54) is 24.0 Å². The zero-order chi connectivity index (χ0) is 13.4. The summed E-state index contributed by atoms with van der Waals surface area (Å²) in [6, 6.07) is 6.18. The van der Waals surface area contributed by atoms with E-state index < -0.39 is 0 Å². The van der Waals surface area contributed by atoms with Crippen molar-refractivity contribution in [3.05, 3.63) is 33.6 Å². The topological polar surface area (TPSA) is 17.1 Å². The normalized spacial score (nSPS) is 37.4. The third kappa shape index (κ3) is 1.41. The molecule has 5 rings (SSSR count). The average molecular weight is 347 g/mol. The molecule has 0 amide bonds. The van der Waals surface area contributed by atoms with Gasteiger partial charge < -0.3 is 0 Å². The summed E-state index contributed by atoms with van der Waals surface area (Å²) in [6.45, 7) is 0. The summed E-state index contributed by atoms with van der Waals surface area (Å²) in [5, 5.41) is 3.22. The van der Waals surface area contributed by atoms with Crippen molar-refractivity contribution in [1.82, 2.24) is 0 Å². The van der Waals surface area contributed by atoms with E-state index in [2.05, 4.69) is 33.4 Å². The maximum atomic E-state index is 12.9. The second-order valence-electron chi connectivity index (χ2n) is 6.64. The fourth-order valence-corrected chi connectivity index (χ4v) is 6.68. The monoisotopic (exact) mass is 346 g/mol. The van der Waals surface area contributed by atoms with Crippen LogP contribution in [0.25, 0.3) is 10.1 Å². The van der Waals surface area contributed by atoms with Crippen LogP contribution in [0.3, 0.4) is 0 Å². The van der Waals surface area contributed by atoms with Gasteiger partial charge in [-0.1, -0.05) is 12.1 Å². The zero-order valence-electron chi connectivity index (χ0n) is 11.0. The largest absolute Gasteiger partial charge is 0.294 e. The van der Waals surface area contributed by atoms with Crippen molar-refractivity contribution in [2.24, 2.45) is 29.6 Å². The SMILES string of the molecule is O=C(c1csc2c(Br)cccc12)C1C2C3CCC(C3)C12. The molecular formula is C17H15BrOS. The Morgan fingerprint density at radius 1 is 1.20 bits per heavy atom. The maximum absolute atomic E-state index is 12.9. The molecule has 1 nitrogen and oxygen atoms in total. The minimum Gasteiger partial charge on any atom is -0.294 e. The van der Waals surface area contributed by atoms with Crippen molar-refractivity contribution >= 4 is 43.1 Å². The van der Waals surface area contributed by atoms with Crippen molar-refractivity contribution in [2.75, 3.05) is 0 Å². The summed E-state index contributed by atoms with van der Waals surface area (Å²) in [4.78, 5) is 12.9. The van der Waals surface area contributed by atoms with Gasteiger partial charge in [-0.25, -0.2) is 0 Å². The first kappa shape index (κ1) is 11.9. The lowest BCUT2D eigenvalue weighted by Crippen LogP contribution is -2.09. The van der Waals surface area contributed by atoms with Crippen LogP contribution in [-0.4, -0.2) is 5.78 Å². The Kier molecular flexibility index (Phi) is 2.36. The average Bonchev–Trinajstić information content (AvgIpc) is 2.83. The van der Waals surface area contributed by atoms with Gasteiger partial charge in [0.05, 0.1) is 0 Å². The molecule has 0 N–H and O–H groups in total. The number of rotatable bonds is 2. The van der Waals surface area contributed by atoms with Gasteiger partial charge in [0.1, 0.15) is 0 Å². The predicted octanol–water partition coefficient (Wildman–Crippen LogP) is 5.14. The molecule has 1 aromatic heterocycles. The van der Waals surface area contributed by atoms with Crippen LogP contribution in [0.1, 0.15) is 29.6 Å². The molecule has 102 valence electrons. The molecule has 3 aliphatic rings. The molecule has 3 aliphatic carbocycles. The number of thiophene rings is 1. The van der Waals surface area contributed by atoms with Crippen molar-refractivity contribution in [2.45, 2.75) is 19.3 Å². The van der Waals surface area contributed by atoms with E-state index in [-0.39, 0.29) is 0 Å². The minimum atomic E-state index is 0.359. The Labute approximate surface area is 130 Å². The van der Waals surface area contributed by atoms with Crippen LogP contribution in [0, 0.1) is 29.6 Å². The third-order valence-electron chi connectivity index (χ3n) is 5.86. The number of hydrogen-bond donors (Lipinski definition) is 0. The number of carbonyl (C=O) groups is 1. The van der Waals surface area contributed by atoms with Gasteiger partial charge in [0.2, 0.25) is 0 Å². The fourth-order valence-electron chi connectivity index (χ4n) is 5.07. The van der Waals surface area contributed by atoms with Crippen LogP contribution >= 0.6 is 27.3 Å². The summed E-state index contributed by atoms with van der Waals surface area (Å²) >= 11 is 5.28. The van der Waals surface area contributed by atoms with Crippen LogP contribution < -0.4 is 0 Å². The Hall–Kier alpha value is -0.670.